The Hall–Kier alpha value is -0.610. The summed E-state index contributed by atoms with van der Waals surface area (Å²) in [4.78, 5) is 13.8. The van der Waals surface area contributed by atoms with Crippen LogP contribution in [0.5, 0.6) is 0 Å². The summed E-state index contributed by atoms with van der Waals surface area (Å²) in [5, 5.41) is 0. The van der Waals surface area contributed by atoms with Gasteiger partial charge in [0.2, 0.25) is 5.91 Å². The van der Waals surface area contributed by atoms with Gasteiger partial charge in [-0.3, -0.25) is 4.79 Å². The molecular formula is C11H22N2O2. The van der Waals surface area contributed by atoms with Crippen LogP contribution in [0.15, 0.2) is 0 Å². The zero-order valence-electron chi connectivity index (χ0n) is 10.2. The molecule has 0 spiro atoms. The summed E-state index contributed by atoms with van der Waals surface area (Å²) in [6, 6.07) is 0. The number of amides is 1. The van der Waals surface area contributed by atoms with Crippen LogP contribution in [-0.4, -0.2) is 42.1 Å². The number of nitrogens with two attached hydrogens (primary N) is 1. The smallest absolute Gasteiger partial charge is 0.242 e. The molecule has 0 aromatic heterocycles. The van der Waals surface area contributed by atoms with E-state index in [1.807, 2.05) is 11.8 Å². The first-order valence-corrected chi connectivity index (χ1v) is 5.42. The molecule has 2 N–H and O–H groups in total. The maximum absolute atomic E-state index is 12.0. The van der Waals surface area contributed by atoms with E-state index >= 15 is 0 Å². The fourth-order valence-electron chi connectivity index (χ4n) is 1.95. The Kier molecular flexibility index (Phi) is 3.41. The summed E-state index contributed by atoms with van der Waals surface area (Å²) < 4.78 is 5.44. The number of ether oxygens (including phenoxy) is 1. The molecule has 1 aliphatic heterocycles. The highest BCUT2D eigenvalue weighted by Gasteiger charge is 2.36. The van der Waals surface area contributed by atoms with Crippen LogP contribution in [0.2, 0.25) is 0 Å². The average molecular weight is 214 g/mol. The van der Waals surface area contributed by atoms with E-state index < -0.39 is 5.54 Å². The third kappa shape index (κ3) is 2.92. The lowest BCUT2D eigenvalue weighted by molar-refractivity contribution is -0.143. The molecular weight excluding hydrogens is 192 g/mol. The molecule has 1 rings (SSSR count). The number of hydrogen-bond donors (Lipinski definition) is 1. The van der Waals surface area contributed by atoms with Crippen molar-refractivity contribution in [3.05, 3.63) is 0 Å². The number of rotatable bonds is 2. The van der Waals surface area contributed by atoms with Gasteiger partial charge in [-0.25, -0.2) is 0 Å². The summed E-state index contributed by atoms with van der Waals surface area (Å²) in [6.45, 7) is 6.96. The van der Waals surface area contributed by atoms with Crippen LogP contribution in [0.3, 0.4) is 0 Å². The Morgan fingerprint density at radius 2 is 2.13 bits per heavy atom. The number of likely N-dealkylation sites (tertiary alicyclic amines) is 1. The van der Waals surface area contributed by atoms with Crippen molar-refractivity contribution in [2.24, 2.45) is 5.73 Å². The van der Waals surface area contributed by atoms with Crippen LogP contribution in [0, 0.1) is 0 Å². The van der Waals surface area contributed by atoms with Crippen molar-refractivity contribution >= 4 is 5.91 Å². The van der Waals surface area contributed by atoms with E-state index in [2.05, 4.69) is 0 Å². The molecule has 4 nitrogen and oxygen atoms in total. The predicted molar refractivity (Wildman–Crippen MR) is 59.5 cm³/mol. The first-order valence-electron chi connectivity index (χ1n) is 5.42. The zero-order chi connectivity index (χ0) is 11.7. The van der Waals surface area contributed by atoms with Crippen LogP contribution in [0.4, 0.5) is 0 Å². The molecule has 0 bridgehead atoms. The standard InChI is InChI=1S/C11H22N2O2/c1-10(2,12)9(14)13-7-5-6-11(3,8-13)15-4/h5-8,12H2,1-4H3. The Bertz CT molecular complexity index is 247. The number of carbonyl (C=O) groups excluding carboxylic acids is 1. The minimum atomic E-state index is -0.786. The number of carbonyl (C=O) groups is 1. The van der Waals surface area contributed by atoms with E-state index in [9.17, 15) is 4.79 Å². The lowest BCUT2D eigenvalue weighted by Gasteiger charge is -2.41. The molecule has 1 saturated heterocycles. The molecule has 0 radical (unpaired) electrons. The molecule has 4 heteroatoms. The van der Waals surface area contributed by atoms with E-state index in [-0.39, 0.29) is 11.5 Å². The molecule has 1 amide bonds. The molecule has 1 atom stereocenters. The zero-order valence-corrected chi connectivity index (χ0v) is 10.2. The summed E-state index contributed by atoms with van der Waals surface area (Å²) >= 11 is 0. The fraction of sp³-hybridized carbons (Fsp3) is 0.909. The number of hydrogen-bond acceptors (Lipinski definition) is 3. The van der Waals surface area contributed by atoms with Crippen LogP contribution >= 0.6 is 0 Å². The molecule has 1 aliphatic rings. The lowest BCUT2D eigenvalue weighted by Crippen LogP contribution is -2.57. The Morgan fingerprint density at radius 1 is 1.53 bits per heavy atom. The Morgan fingerprint density at radius 3 is 2.60 bits per heavy atom. The monoisotopic (exact) mass is 214 g/mol. The van der Waals surface area contributed by atoms with Crippen LogP contribution in [0.25, 0.3) is 0 Å². The normalized spacial score (nSPS) is 27.9. The SMILES string of the molecule is COC1(C)CCCN(C(=O)C(C)(C)N)C1. The molecule has 88 valence electrons. The van der Waals surface area contributed by atoms with Crippen molar-refractivity contribution in [2.45, 2.75) is 44.8 Å². The lowest BCUT2D eigenvalue weighted by atomic mass is 9.93. The van der Waals surface area contributed by atoms with Gasteiger partial charge in [-0.05, 0) is 33.6 Å². The van der Waals surface area contributed by atoms with Gasteiger partial charge in [-0.15, -0.1) is 0 Å². The molecule has 0 aromatic rings. The first kappa shape index (κ1) is 12.5. The largest absolute Gasteiger partial charge is 0.377 e. The van der Waals surface area contributed by atoms with Crippen LogP contribution in [0.1, 0.15) is 33.6 Å². The Labute approximate surface area is 91.8 Å². The van der Waals surface area contributed by atoms with E-state index in [0.29, 0.717) is 6.54 Å². The van der Waals surface area contributed by atoms with Crippen LogP contribution in [-0.2, 0) is 9.53 Å². The minimum Gasteiger partial charge on any atom is -0.377 e. The summed E-state index contributed by atoms with van der Waals surface area (Å²) in [5.74, 6) is 0.00507. The second-order valence-electron chi connectivity index (χ2n) is 5.21. The summed E-state index contributed by atoms with van der Waals surface area (Å²) in [5.41, 5.74) is 4.81. The molecule has 15 heavy (non-hydrogen) atoms. The third-order valence-corrected chi connectivity index (χ3v) is 2.99. The second kappa shape index (κ2) is 4.10. The van der Waals surface area contributed by atoms with E-state index in [1.54, 1.807) is 21.0 Å². The molecule has 1 fully saturated rings. The minimum absolute atomic E-state index is 0.00507. The van der Waals surface area contributed by atoms with Gasteiger partial charge in [0.1, 0.15) is 0 Å². The van der Waals surface area contributed by atoms with Gasteiger partial charge in [0.15, 0.2) is 0 Å². The van der Waals surface area contributed by atoms with Crippen molar-refractivity contribution in [1.29, 1.82) is 0 Å². The molecule has 0 aliphatic carbocycles. The maximum atomic E-state index is 12.0. The van der Waals surface area contributed by atoms with Crippen molar-refractivity contribution in [3.63, 3.8) is 0 Å². The number of methoxy groups -OCH3 is 1. The van der Waals surface area contributed by atoms with Crippen molar-refractivity contribution < 1.29 is 9.53 Å². The van der Waals surface area contributed by atoms with Gasteiger partial charge in [0.25, 0.3) is 0 Å². The Balaban J connectivity index is 2.69. The fourth-order valence-corrected chi connectivity index (χ4v) is 1.95. The summed E-state index contributed by atoms with van der Waals surface area (Å²) in [7, 11) is 1.70. The number of nitrogens with zero attached hydrogens (tertiary/aromatic N) is 1. The van der Waals surface area contributed by atoms with Gasteiger partial charge in [0.05, 0.1) is 11.1 Å². The van der Waals surface area contributed by atoms with Crippen molar-refractivity contribution in [2.75, 3.05) is 20.2 Å². The van der Waals surface area contributed by atoms with Gasteiger partial charge < -0.3 is 15.4 Å². The van der Waals surface area contributed by atoms with E-state index in [4.69, 9.17) is 10.5 Å². The first-order chi connectivity index (χ1) is 6.78. The molecule has 1 unspecified atom stereocenters. The van der Waals surface area contributed by atoms with E-state index in [0.717, 1.165) is 19.4 Å². The quantitative estimate of drug-likeness (QED) is 0.738. The summed E-state index contributed by atoms with van der Waals surface area (Å²) in [6.07, 6.45) is 1.98. The van der Waals surface area contributed by atoms with Gasteiger partial charge in [-0.1, -0.05) is 0 Å². The molecule has 1 heterocycles. The highest BCUT2D eigenvalue weighted by atomic mass is 16.5. The second-order valence-corrected chi connectivity index (χ2v) is 5.21. The van der Waals surface area contributed by atoms with Crippen molar-refractivity contribution in [3.8, 4) is 0 Å². The molecule has 0 aromatic carbocycles. The predicted octanol–water partition coefficient (Wildman–Crippen LogP) is 0.751. The number of piperidine rings is 1. The average Bonchev–Trinajstić information content (AvgIpc) is 2.15. The van der Waals surface area contributed by atoms with Gasteiger partial charge in [-0.2, -0.15) is 0 Å². The topological polar surface area (TPSA) is 55.6 Å². The van der Waals surface area contributed by atoms with Gasteiger partial charge in [0, 0.05) is 20.2 Å². The van der Waals surface area contributed by atoms with Crippen LogP contribution < -0.4 is 5.73 Å². The highest BCUT2D eigenvalue weighted by Crippen LogP contribution is 2.25. The third-order valence-electron chi connectivity index (χ3n) is 2.99. The maximum Gasteiger partial charge on any atom is 0.242 e. The van der Waals surface area contributed by atoms with E-state index in [1.165, 1.54) is 0 Å². The highest BCUT2D eigenvalue weighted by molar-refractivity contribution is 5.85. The van der Waals surface area contributed by atoms with Crippen molar-refractivity contribution in [1.82, 2.24) is 4.90 Å². The molecule has 0 saturated carbocycles. The van der Waals surface area contributed by atoms with Gasteiger partial charge >= 0.3 is 0 Å².